The molecule has 2 aromatic rings. The van der Waals surface area contributed by atoms with E-state index >= 15 is 0 Å². The molecule has 166 valence electrons. The Bertz CT molecular complexity index is 1070. The molecule has 2 aromatic carbocycles. The third-order valence-electron chi connectivity index (χ3n) is 5.88. The van der Waals surface area contributed by atoms with Crippen LogP contribution < -0.4 is 10.2 Å². The van der Waals surface area contributed by atoms with Gasteiger partial charge in [-0.25, -0.2) is 0 Å². The summed E-state index contributed by atoms with van der Waals surface area (Å²) in [5.41, 5.74) is 4.87. The highest BCUT2D eigenvalue weighted by Gasteiger charge is 2.36. The average Bonchev–Trinajstić information content (AvgIpc) is 3.04. The van der Waals surface area contributed by atoms with E-state index in [2.05, 4.69) is 22.3 Å². The quantitative estimate of drug-likeness (QED) is 0.653. The van der Waals surface area contributed by atoms with Crippen LogP contribution in [0.3, 0.4) is 0 Å². The Morgan fingerprint density at radius 1 is 1.00 bits per heavy atom. The maximum atomic E-state index is 12.7. The highest BCUT2D eigenvalue weighted by molar-refractivity contribution is 8.18. The Labute approximate surface area is 192 Å². The third-order valence-corrected chi connectivity index (χ3v) is 6.79. The number of imide groups is 1. The van der Waals surface area contributed by atoms with Crippen molar-refractivity contribution in [3.63, 3.8) is 0 Å². The van der Waals surface area contributed by atoms with Crippen LogP contribution in [0.5, 0.6) is 0 Å². The van der Waals surface area contributed by atoms with Gasteiger partial charge in [0.15, 0.2) is 0 Å². The van der Waals surface area contributed by atoms with E-state index in [0.29, 0.717) is 10.6 Å². The van der Waals surface area contributed by atoms with Gasteiger partial charge in [0, 0.05) is 24.5 Å². The van der Waals surface area contributed by atoms with E-state index in [1.807, 2.05) is 44.2 Å². The fourth-order valence-corrected chi connectivity index (χ4v) is 4.72. The van der Waals surface area contributed by atoms with Crippen LogP contribution in [0.15, 0.2) is 47.4 Å². The van der Waals surface area contributed by atoms with Gasteiger partial charge >= 0.3 is 0 Å². The molecule has 2 fully saturated rings. The Morgan fingerprint density at radius 2 is 1.72 bits per heavy atom. The number of thioether (sulfide) groups is 1. The van der Waals surface area contributed by atoms with Gasteiger partial charge in [-0.1, -0.05) is 18.2 Å². The first kappa shape index (κ1) is 22.1. The van der Waals surface area contributed by atoms with Crippen LogP contribution in [-0.4, -0.2) is 41.6 Å². The predicted molar refractivity (Wildman–Crippen MR) is 130 cm³/mol. The van der Waals surface area contributed by atoms with Crippen LogP contribution in [0, 0.1) is 13.8 Å². The lowest BCUT2D eigenvalue weighted by Crippen LogP contribution is -2.36. The summed E-state index contributed by atoms with van der Waals surface area (Å²) in [6, 6.07) is 13.6. The molecule has 32 heavy (non-hydrogen) atoms. The van der Waals surface area contributed by atoms with Crippen molar-refractivity contribution in [3.8, 4) is 0 Å². The topological polar surface area (TPSA) is 69.7 Å². The number of nitrogens with zero attached hydrogens (tertiary/aromatic N) is 2. The van der Waals surface area contributed by atoms with Gasteiger partial charge in [0.1, 0.15) is 6.54 Å². The monoisotopic (exact) mass is 449 g/mol. The van der Waals surface area contributed by atoms with Crippen molar-refractivity contribution in [2.75, 3.05) is 29.9 Å². The van der Waals surface area contributed by atoms with Crippen LogP contribution in [0.2, 0.25) is 0 Å². The van der Waals surface area contributed by atoms with E-state index in [0.717, 1.165) is 46.4 Å². The van der Waals surface area contributed by atoms with Gasteiger partial charge < -0.3 is 10.2 Å². The third kappa shape index (κ3) is 5.05. The predicted octanol–water partition coefficient (Wildman–Crippen LogP) is 4.97. The van der Waals surface area contributed by atoms with Crippen molar-refractivity contribution in [2.45, 2.75) is 33.1 Å². The normalized spacial score (nSPS) is 17.9. The lowest BCUT2D eigenvalue weighted by atomic mass is 10.1. The molecule has 0 unspecified atom stereocenters. The number of carbonyl (C=O) groups is 3. The summed E-state index contributed by atoms with van der Waals surface area (Å²) in [5.74, 6) is -0.835. The largest absolute Gasteiger partial charge is 0.372 e. The standard InChI is InChI=1S/C25H27N3O3S/c1-17-6-9-20(14-18(17)2)26-23(29)16-28-24(30)22(32-25(28)31)15-19-7-10-21(11-8-19)27-12-4-3-5-13-27/h6-11,14-15H,3-5,12-13,16H2,1-2H3,(H,26,29)/b22-15-. The maximum Gasteiger partial charge on any atom is 0.294 e. The summed E-state index contributed by atoms with van der Waals surface area (Å²) in [7, 11) is 0. The van der Waals surface area contributed by atoms with E-state index < -0.39 is 17.1 Å². The second-order valence-electron chi connectivity index (χ2n) is 8.25. The molecule has 0 saturated carbocycles. The van der Waals surface area contributed by atoms with Crippen LogP contribution in [0.1, 0.15) is 36.0 Å². The highest BCUT2D eigenvalue weighted by atomic mass is 32.2. The number of piperidine rings is 1. The van der Waals surface area contributed by atoms with Gasteiger partial charge in [-0.3, -0.25) is 19.3 Å². The van der Waals surface area contributed by atoms with E-state index in [1.54, 1.807) is 6.08 Å². The molecule has 0 aromatic heterocycles. The van der Waals surface area contributed by atoms with Crippen molar-refractivity contribution in [1.82, 2.24) is 4.90 Å². The maximum absolute atomic E-state index is 12.7. The first-order chi connectivity index (χ1) is 15.4. The summed E-state index contributed by atoms with van der Waals surface area (Å²) >= 11 is 0.870. The van der Waals surface area contributed by atoms with Gasteiger partial charge in [0.2, 0.25) is 5.91 Å². The minimum atomic E-state index is -0.435. The summed E-state index contributed by atoms with van der Waals surface area (Å²) in [6.07, 6.45) is 5.43. The smallest absolute Gasteiger partial charge is 0.294 e. The van der Waals surface area contributed by atoms with E-state index in [4.69, 9.17) is 0 Å². The lowest BCUT2D eigenvalue weighted by Gasteiger charge is -2.28. The number of aryl methyl sites for hydroxylation is 2. The van der Waals surface area contributed by atoms with Crippen LogP contribution in [0.25, 0.3) is 6.08 Å². The first-order valence-electron chi connectivity index (χ1n) is 10.9. The summed E-state index contributed by atoms with van der Waals surface area (Å²) in [5, 5.41) is 2.33. The van der Waals surface area contributed by atoms with Crippen molar-refractivity contribution >= 4 is 46.3 Å². The highest BCUT2D eigenvalue weighted by Crippen LogP contribution is 2.32. The number of rotatable bonds is 5. The Balaban J connectivity index is 1.40. The zero-order chi connectivity index (χ0) is 22.7. The molecule has 2 aliphatic heterocycles. The van der Waals surface area contributed by atoms with Crippen molar-refractivity contribution in [3.05, 3.63) is 64.1 Å². The molecule has 7 heteroatoms. The molecule has 0 atom stereocenters. The molecular weight excluding hydrogens is 422 g/mol. The molecule has 0 aliphatic carbocycles. The summed E-state index contributed by atoms with van der Waals surface area (Å²) in [6.45, 7) is 5.80. The molecule has 0 bridgehead atoms. The van der Waals surface area contributed by atoms with Gasteiger partial charge in [0.05, 0.1) is 4.91 Å². The van der Waals surface area contributed by atoms with Crippen molar-refractivity contribution in [2.24, 2.45) is 0 Å². The fraction of sp³-hybridized carbons (Fsp3) is 0.320. The molecular formula is C25H27N3O3S. The molecule has 1 N–H and O–H groups in total. The molecule has 2 heterocycles. The molecule has 2 saturated heterocycles. The number of hydrogen-bond donors (Lipinski definition) is 1. The van der Waals surface area contributed by atoms with Crippen LogP contribution in [-0.2, 0) is 9.59 Å². The van der Waals surface area contributed by atoms with Crippen molar-refractivity contribution in [1.29, 1.82) is 0 Å². The zero-order valence-corrected chi connectivity index (χ0v) is 19.2. The van der Waals surface area contributed by atoms with Gasteiger partial charge in [-0.15, -0.1) is 0 Å². The molecule has 4 rings (SSSR count). The second-order valence-corrected chi connectivity index (χ2v) is 9.25. The molecule has 6 nitrogen and oxygen atoms in total. The second kappa shape index (κ2) is 9.61. The van der Waals surface area contributed by atoms with Gasteiger partial charge in [-0.05, 0) is 91.9 Å². The lowest BCUT2D eigenvalue weighted by molar-refractivity contribution is -0.127. The molecule has 0 radical (unpaired) electrons. The van der Waals surface area contributed by atoms with Crippen LogP contribution >= 0.6 is 11.8 Å². The van der Waals surface area contributed by atoms with Crippen molar-refractivity contribution < 1.29 is 14.4 Å². The first-order valence-corrected chi connectivity index (χ1v) is 11.7. The number of amides is 3. The van der Waals surface area contributed by atoms with E-state index in [-0.39, 0.29) is 6.54 Å². The number of anilines is 2. The molecule has 0 spiro atoms. The fourth-order valence-electron chi connectivity index (χ4n) is 3.88. The average molecular weight is 450 g/mol. The van der Waals surface area contributed by atoms with E-state index in [9.17, 15) is 14.4 Å². The molecule has 2 aliphatic rings. The Morgan fingerprint density at radius 3 is 2.41 bits per heavy atom. The summed E-state index contributed by atoms with van der Waals surface area (Å²) < 4.78 is 0. The van der Waals surface area contributed by atoms with E-state index in [1.165, 1.54) is 24.9 Å². The Hall–Kier alpha value is -3.06. The number of hydrogen-bond acceptors (Lipinski definition) is 5. The van der Waals surface area contributed by atoms with Gasteiger partial charge in [-0.2, -0.15) is 0 Å². The summed E-state index contributed by atoms with van der Waals surface area (Å²) in [4.78, 5) is 41.2. The SMILES string of the molecule is Cc1ccc(NC(=O)CN2C(=O)S/C(=C\c3ccc(N4CCCCC4)cc3)C2=O)cc1C. The Kier molecular flexibility index (Phi) is 6.65. The zero-order valence-electron chi connectivity index (χ0n) is 18.4. The number of benzene rings is 2. The minimum Gasteiger partial charge on any atom is -0.372 e. The van der Waals surface area contributed by atoms with Crippen LogP contribution in [0.4, 0.5) is 16.2 Å². The molecule has 3 amide bonds. The van der Waals surface area contributed by atoms with Gasteiger partial charge in [0.25, 0.3) is 11.1 Å². The number of nitrogens with one attached hydrogen (secondary N) is 1. The number of carbonyl (C=O) groups excluding carboxylic acids is 3. The minimum absolute atomic E-state index is 0.303.